The first-order chi connectivity index (χ1) is 33.2. The maximum absolute atomic E-state index is 6.17. The molecule has 314 valence electrons. The molecule has 0 radical (unpaired) electrons. The third-order valence-electron chi connectivity index (χ3n) is 12.5. The Labute approximate surface area is 389 Å². The average molecular weight is 856 g/mol. The number of para-hydroxylation sites is 1. The second-order valence-electron chi connectivity index (χ2n) is 16.7. The van der Waals surface area contributed by atoms with Crippen molar-refractivity contribution in [1.82, 2.24) is 15.0 Å². The van der Waals surface area contributed by atoms with E-state index in [0.717, 1.165) is 77.6 Å². The molecule has 0 atom stereocenters. The molecule has 10 aromatic carbocycles. The van der Waals surface area contributed by atoms with E-state index in [9.17, 15) is 0 Å². The number of hydrogen-bond donors (Lipinski definition) is 0. The summed E-state index contributed by atoms with van der Waals surface area (Å²) in [7, 11) is 0. The van der Waals surface area contributed by atoms with Gasteiger partial charge in [0.2, 0.25) is 0 Å². The Bertz CT molecular complexity index is 3720. The highest BCUT2D eigenvalue weighted by Gasteiger charge is 2.24. The minimum absolute atomic E-state index is 0.597. The summed E-state index contributed by atoms with van der Waals surface area (Å²) in [4.78, 5) is 15.3. The molecule has 0 saturated carbocycles. The highest BCUT2D eigenvalue weighted by atomic mass is 16.3. The van der Waals surface area contributed by atoms with Gasteiger partial charge in [0.05, 0.1) is 0 Å². The Morgan fingerprint density at radius 1 is 0.224 bits per heavy atom. The monoisotopic (exact) mass is 855 g/mol. The van der Waals surface area contributed by atoms with Crippen LogP contribution in [0.5, 0.6) is 0 Å². The maximum atomic E-state index is 6.17. The predicted octanol–water partition coefficient (Wildman–Crippen LogP) is 16.8. The van der Waals surface area contributed by atoms with Crippen molar-refractivity contribution in [3.63, 3.8) is 0 Å². The highest BCUT2D eigenvalue weighted by molar-refractivity contribution is 6.08. The zero-order valence-corrected chi connectivity index (χ0v) is 36.4. The Balaban J connectivity index is 1.03. The molecule has 0 fully saturated rings. The zero-order chi connectivity index (χ0) is 44.5. The van der Waals surface area contributed by atoms with E-state index in [0.29, 0.717) is 17.5 Å². The van der Waals surface area contributed by atoms with Gasteiger partial charge >= 0.3 is 0 Å². The van der Waals surface area contributed by atoms with Gasteiger partial charge in [-0.05, 0) is 109 Å². The van der Waals surface area contributed by atoms with Crippen molar-refractivity contribution in [2.75, 3.05) is 0 Å². The lowest BCUT2D eigenvalue weighted by Gasteiger charge is -2.24. The zero-order valence-electron chi connectivity index (χ0n) is 36.4. The number of benzene rings is 10. The molecule has 0 aliphatic carbocycles. The van der Waals surface area contributed by atoms with E-state index in [1.165, 1.54) is 27.8 Å². The van der Waals surface area contributed by atoms with E-state index < -0.39 is 0 Å². The van der Waals surface area contributed by atoms with E-state index in [1.807, 2.05) is 60.7 Å². The fourth-order valence-corrected chi connectivity index (χ4v) is 9.38. The Morgan fingerprint density at radius 2 is 0.612 bits per heavy atom. The van der Waals surface area contributed by atoms with Crippen LogP contribution in [-0.2, 0) is 0 Å². The van der Waals surface area contributed by atoms with Gasteiger partial charge in [0, 0.05) is 27.5 Å². The van der Waals surface area contributed by atoms with Gasteiger partial charge in [-0.15, -0.1) is 0 Å². The van der Waals surface area contributed by atoms with Gasteiger partial charge in [-0.2, -0.15) is 0 Å². The number of aromatic nitrogens is 3. The van der Waals surface area contributed by atoms with Gasteiger partial charge < -0.3 is 4.42 Å². The fraction of sp³-hybridized carbons (Fsp3) is 0. The van der Waals surface area contributed by atoms with E-state index in [2.05, 4.69) is 188 Å². The summed E-state index contributed by atoms with van der Waals surface area (Å²) in [5, 5.41) is 2.08. The van der Waals surface area contributed by atoms with Gasteiger partial charge in [-0.25, -0.2) is 15.0 Å². The third-order valence-corrected chi connectivity index (χ3v) is 12.5. The summed E-state index contributed by atoms with van der Waals surface area (Å²) in [6, 6.07) is 87.6. The molecule has 0 N–H and O–H groups in total. The van der Waals surface area contributed by atoms with Crippen LogP contribution in [-0.4, -0.2) is 15.0 Å². The van der Waals surface area contributed by atoms with Gasteiger partial charge in [0.1, 0.15) is 11.2 Å². The van der Waals surface area contributed by atoms with Crippen molar-refractivity contribution < 1.29 is 4.42 Å². The molecule has 12 aromatic rings. The molecule has 12 rings (SSSR count). The van der Waals surface area contributed by atoms with Crippen molar-refractivity contribution in [2.24, 2.45) is 0 Å². The minimum atomic E-state index is 0.597. The van der Waals surface area contributed by atoms with Crippen LogP contribution < -0.4 is 0 Å². The summed E-state index contributed by atoms with van der Waals surface area (Å²) in [5.74, 6) is 1.81. The van der Waals surface area contributed by atoms with E-state index in [4.69, 9.17) is 19.4 Å². The SMILES string of the molecule is c1ccc(-c2nc(-c3cccc(-c4cccc(-c5cc(-c6ccccc6)c(-c6ccccc6)c(-c6ccccc6)c5-c5ccccc5)c4)c3)nc(-c3ccc4oc5ccccc5c4c3)n2)cc1. The maximum Gasteiger partial charge on any atom is 0.164 e. The third kappa shape index (κ3) is 7.57. The molecule has 0 amide bonds. The second kappa shape index (κ2) is 17.2. The largest absolute Gasteiger partial charge is 0.456 e. The first kappa shape index (κ1) is 39.6. The number of rotatable bonds is 9. The predicted molar refractivity (Wildman–Crippen MR) is 276 cm³/mol. The number of fused-ring (bicyclic) bond motifs is 3. The summed E-state index contributed by atoms with van der Waals surface area (Å²) in [6.07, 6.45) is 0. The van der Waals surface area contributed by atoms with Crippen LogP contribution in [0.2, 0.25) is 0 Å². The molecule has 4 heteroatoms. The minimum Gasteiger partial charge on any atom is -0.456 e. The van der Waals surface area contributed by atoms with Crippen molar-refractivity contribution >= 4 is 21.9 Å². The number of nitrogens with zero attached hydrogens (tertiary/aromatic N) is 3. The first-order valence-corrected chi connectivity index (χ1v) is 22.6. The van der Waals surface area contributed by atoms with Gasteiger partial charge in [0.25, 0.3) is 0 Å². The highest BCUT2D eigenvalue weighted by Crippen LogP contribution is 2.50. The van der Waals surface area contributed by atoms with Crippen LogP contribution in [0.15, 0.2) is 253 Å². The summed E-state index contributed by atoms with van der Waals surface area (Å²) < 4.78 is 6.17. The topological polar surface area (TPSA) is 51.8 Å². The fourth-order valence-electron chi connectivity index (χ4n) is 9.38. The molecule has 2 heterocycles. The van der Waals surface area contributed by atoms with Crippen LogP contribution in [0.3, 0.4) is 0 Å². The van der Waals surface area contributed by atoms with Crippen molar-refractivity contribution in [1.29, 1.82) is 0 Å². The molecule has 0 spiro atoms. The van der Waals surface area contributed by atoms with Crippen LogP contribution in [0.4, 0.5) is 0 Å². The summed E-state index contributed by atoms with van der Waals surface area (Å²) >= 11 is 0. The number of furan rings is 1. The molecule has 2 aromatic heterocycles. The van der Waals surface area contributed by atoms with Crippen LogP contribution in [0.25, 0.3) is 123 Å². The lowest BCUT2D eigenvalue weighted by molar-refractivity contribution is 0.669. The Hall–Kier alpha value is -8.99. The second-order valence-corrected chi connectivity index (χ2v) is 16.7. The van der Waals surface area contributed by atoms with Crippen molar-refractivity contribution in [3.05, 3.63) is 249 Å². The van der Waals surface area contributed by atoms with Gasteiger partial charge in [-0.1, -0.05) is 206 Å². The van der Waals surface area contributed by atoms with E-state index in [-0.39, 0.29) is 0 Å². The standard InChI is InChI=1S/C63H41N3O/c1-6-20-42(21-7-1)53-41-54(59(44-24-10-3-11-25-44)60(45-26-12-4-13-27-45)58(53)43-22-8-2-9-23-43)49-32-18-30-47(38-49)48-31-19-33-50(39-48)62-64-61(46-28-14-5-15-29-46)65-63(66-62)51-36-37-57-55(40-51)52-34-16-17-35-56(52)67-57/h1-41H. The lowest BCUT2D eigenvalue weighted by Crippen LogP contribution is -2.00. The molecule has 67 heavy (non-hydrogen) atoms. The van der Waals surface area contributed by atoms with Gasteiger partial charge in [0.15, 0.2) is 17.5 Å². The van der Waals surface area contributed by atoms with E-state index in [1.54, 1.807) is 0 Å². The first-order valence-electron chi connectivity index (χ1n) is 22.6. The molecule has 0 bridgehead atoms. The van der Waals surface area contributed by atoms with E-state index >= 15 is 0 Å². The normalized spacial score (nSPS) is 11.3. The smallest absolute Gasteiger partial charge is 0.164 e. The molecule has 4 nitrogen and oxygen atoms in total. The van der Waals surface area contributed by atoms with Crippen molar-refractivity contribution in [2.45, 2.75) is 0 Å². The van der Waals surface area contributed by atoms with Crippen molar-refractivity contribution in [3.8, 4) is 101 Å². The van der Waals surface area contributed by atoms with Gasteiger partial charge in [-0.3, -0.25) is 0 Å². The molecule has 0 aliphatic heterocycles. The van der Waals surface area contributed by atoms with Crippen LogP contribution in [0, 0.1) is 0 Å². The lowest BCUT2D eigenvalue weighted by atomic mass is 9.78. The van der Waals surface area contributed by atoms with Crippen LogP contribution >= 0.6 is 0 Å². The molecule has 0 aliphatic rings. The quantitative estimate of drug-likeness (QED) is 0.145. The Morgan fingerprint density at radius 3 is 1.19 bits per heavy atom. The molecular formula is C63H41N3O. The average Bonchev–Trinajstić information content (AvgIpc) is 3.79. The summed E-state index contributed by atoms with van der Waals surface area (Å²) in [6.45, 7) is 0. The molecule has 0 unspecified atom stereocenters. The molecule has 0 saturated heterocycles. The summed E-state index contributed by atoms with van der Waals surface area (Å²) in [5.41, 5.74) is 18.2. The number of hydrogen-bond acceptors (Lipinski definition) is 4. The Kier molecular flexibility index (Phi) is 10.2. The molecular weight excluding hydrogens is 815 g/mol. The van der Waals surface area contributed by atoms with Crippen LogP contribution in [0.1, 0.15) is 0 Å².